The predicted molar refractivity (Wildman–Crippen MR) is 93.4 cm³/mol. The van der Waals surface area contributed by atoms with Gasteiger partial charge in [0.15, 0.2) is 5.82 Å². The Balaban J connectivity index is 1.75. The number of likely N-dealkylation sites (N-methyl/N-ethyl adjacent to an activating group) is 1. The maximum atomic E-state index is 13.2. The SMILES string of the molecule is CN(C[C@@H]1CCCN1c1cccnn1)[C@H](C(N)=O)c1ccc(F)cc1. The van der Waals surface area contributed by atoms with Gasteiger partial charge in [-0.2, -0.15) is 5.10 Å². The van der Waals surface area contributed by atoms with Crippen LogP contribution in [0.5, 0.6) is 0 Å². The van der Waals surface area contributed by atoms with Crippen LogP contribution in [0, 0.1) is 5.82 Å². The van der Waals surface area contributed by atoms with Crippen LogP contribution in [0.1, 0.15) is 24.4 Å². The lowest BCUT2D eigenvalue weighted by Crippen LogP contribution is -2.44. The number of aromatic nitrogens is 2. The molecule has 0 unspecified atom stereocenters. The van der Waals surface area contributed by atoms with Gasteiger partial charge in [0.2, 0.25) is 5.91 Å². The third kappa shape index (κ3) is 3.93. The summed E-state index contributed by atoms with van der Waals surface area (Å²) in [5, 5.41) is 8.14. The molecule has 1 amide bonds. The first kappa shape index (κ1) is 17.3. The summed E-state index contributed by atoms with van der Waals surface area (Å²) in [5.41, 5.74) is 6.31. The molecule has 132 valence electrons. The fraction of sp³-hybridized carbons (Fsp3) is 0.389. The quantitative estimate of drug-likeness (QED) is 0.865. The molecular weight excluding hydrogens is 321 g/mol. The highest BCUT2D eigenvalue weighted by Crippen LogP contribution is 2.26. The summed E-state index contributed by atoms with van der Waals surface area (Å²) < 4.78 is 13.2. The van der Waals surface area contributed by atoms with Crippen molar-refractivity contribution in [3.05, 3.63) is 54.0 Å². The molecule has 1 aromatic heterocycles. The molecule has 0 radical (unpaired) electrons. The van der Waals surface area contributed by atoms with E-state index in [1.165, 1.54) is 12.1 Å². The van der Waals surface area contributed by atoms with E-state index in [1.54, 1.807) is 18.3 Å². The van der Waals surface area contributed by atoms with Gasteiger partial charge in [-0.25, -0.2) is 4.39 Å². The lowest BCUT2D eigenvalue weighted by molar-refractivity contribution is -0.123. The van der Waals surface area contributed by atoms with Crippen LogP contribution in [0.15, 0.2) is 42.6 Å². The molecule has 1 aromatic carbocycles. The van der Waals surface area contributed by atoms with Crippen molar-refractivity contribution in [2.75, 3.05) is 25.0 Å². The summed E-state index contributed by atoms with van der Waals surface area (Å²) in [5.74, 6) is 0.0632. The molecule has 2 N–H and O–H groups in total. The highest BCUT2D eigenvalue weighted by molar-refractivity contribution is 5.81. The van der Waals surface area contributed by atoms with Crippen LogP contribution in [0.25, 0.3) is 0 Å². The van der Waals surface area contributed by atoms with Crippen molar-refractivity contribution < 1.29 is 9.18 Å². The highest BCUT2D eigenvalue weighted by Gasteiger charge is 2.31. The number of halogens is 1. The Kier molecular flexibility index (Phi) is 5.23. The fourth-order valence-corrected chi connectivity index (χ4v) is 3.49. The summed E-state index contributed by atoms with van der Waals surface area (Å²) in [6.07, 6.45) is 3.72. The number of nitrogens with zero attached hydrogens (tertiary/aromatic N) is 4. The minimum absolute atomic E-state index is 0.226. The van der Waals surface area contributed by atoms with E-state index in [1.807, 2.05) is 24.1 Å². The summed E-state index contributed by atoms with van der Waals surface area (Å²) in [4.78, 5) is 16.1. The summed E-state index contributed by atoms with van der Waals surface area (Å²) in [7, 11) is 1.87. The topological polar surface area (TPSA) is 75.3 Å². The number of primary amides is 1. The third-order valence-corrected chi connectivity index (χ3v) is 4.62. The van der Waals surface area contributed by atoms with E-state index in [0.717, 1.165) is 25.2 Å². The van der Waals surface area contributed by atoms with Crippen molar-refractivity contribution in [2.45, 2.75) is 24.9 Å². The van der Waals surface area contributed by atoms with E-state index in [9.17, 15) is 9.18 Å². The average molecular weight is 343 g/mol. The van der Waals surface area contributed by atoms with E-state index in [4.69, 9.17) is 5.73 Å². The standard InChI is InChI=1S/C18H22FN5O/c1-23(17(18(20)25)13-6-8-14(19)9-7-13)12-15-4-3-11-24(15)16-5-2-10-21-22-16/h2,5-10,15,17H,3-4,11-12H2,1H3,(H2,20,25)/t15-,17-/m0/s1. The second-order valence-electron chi connectivity index (χ2n) is 6.37. The molecule has 2 heterocycles. The first-order valence-corrected chi connectivity index (χ1v) is 8.35. The van der Waals surface area contributed by atoms with Crippen LogP contribution in [0.2, 0.25) is 0 Å². The molecule has 2 aromatic rings. The molecule has 1 aliphatic rings. The first-order chi connectivity index (χ1) is 12.1. The second-order valence-corrected chi connectivity index (χ2v) is 6.37. The van der Waals surface area contributed by atoms with Gasteiger partial charge in [-0.3, -0.25) is 9.69 Å². The first-order valence-electron chi connectivity index (χ1n) is 8.35. The monoisotopic (exact) mass is 343 g/mol. The van der Waals surface area contributed by atoms with Gasteiger partial charge in [0.05, 0.1) is 0 Å². The smallest absolute Gasteiger partial charge is 0.239 e. The molecule has 6 nitrogen and oxygen atoms in total. The van der Waals surface area contributed by atoms with E-state index < -0.39 is 11.9 Å². The van der Waals surface area contributed by atoms with Crippen molar-refractivity contribution in [3.8, 4) is 0 Å². The largest absolute Gasteiger partial charge is 0.368 e. The van der Waals surface area contributed by atoms with Crippen molar-refractivity contribution >= 4 is 11.7 Å². The van der Waals surface area contributed by atoms with E-state index in [-0.39, 0.29) is 11.9 Å². The Bertz CT molecular complexity index is 709. The third-order valence-electron chi connectivity index (χ3n) is 4.62. The van der Waals surface area contributed by atoms with Crippen LogP contribution in [-0.2, 0) is 4.79 Å². The van der Waals surface area contributed by atoms with Gasteiger partial charge in [-0.15, -0.1) is 5.10 Å². The predicted octanol–water partition coefficient (Wildman–Crippen LogP) is 1.74. The minimum Gasteiger partial charge on any atom is -0.368 e. The molecule has 1 aliphatic heterocycles. The van der Waals surface area contributed by atoms with Gasteiger partial charge < -0.3 is 10.6 Å². The van der Waals surface area contributed by atoms with Gasteiger partial charge in [-0.1, -0.05) is 12.1 Å². The molecule has 3 rings (SSSR count). The van der Waals surface area contributed by atoms with Crippen LogP contribution in [-0.4, -0.2) is 47.2 Å². The number of benzene rings is 1. The molecule has 0 bridgehead atoms. The molecule has 1 saturated heterocycles. The summed E-state index contributed by atoms with van der Waals surface area (Å²) >= 11 is 0. The van der Waals surface area contributed by atoms with E-state index in [0.29, 0.717) is 12.1 Å². The number of hydrogen-bond donors (Lipinski definition) is 1. The highest BCUT2D eigenvalue weighted by atomic mass is 19.1. The van der Waals surface area contributed by atoms with Gasteiger partial charge in [-0.05, 0) is 49.7 Å². The number of carbonyl (C=O) groups is 1. The average Bonchev–Trinajstić information content (AvgIpc) is 3.05. The number of rotatable bonds is 6. The Labute approximate surface area is 146 Å². The lowest BCUT2D eigenvalue weighted by atomic mass is 10.0. The normalized spacial score (nSPS) is 18.5. The number of hydrogen-bond acceptors (Lipinski definition) is 5. The molecule has 0 spiro atoms. The zero-order valence-electron chi connectivity index (χ0n) is 14.2. The van der Waals surface area contributed by atoms with E-state index in [2.05, 4.69) is 15.1 Å². The second kappa shape index (κ2) is 7.57. The Morgan fingerprint density at radius 1 is 1.40 bits per heavy atom. The Hall–Kier alpha value is -2.54. The minimum atomic E-state index is -0.593. The molecular formula is C18H22FN5O. The molecule has 1 fully saturated rings. The van der Waals surface area contributed by atoms with Crippen LogP contribution >= 0.6 is 0 Å². The molecule has 0 saturated carbocycles. The van der Waals surface area contributed by atoms with Crippen molar-refractivity contribution in [3.63, 3.8) is 0 Å². The number of nitrogens with two attached hydrogens (primary N) is 1. The molecule has 2 atom stereocenters. The van der Waals surface area contributed by atoms with Gasteiger partial charge in [0.25, 0.3) is 0 Å². The maximum absolute atomic E-state index is 13.2. The van der Waals surface area contributed by atoms with Crippen LogP contribution in [0.3, 0.4) is 0 Å². The summed E-state index contributed by atoms with van der Waals surface area (Å²) in [6.45, 7) is 1.57. The van der Waals surface area contributed by atoms with Crippen LogP contribution in [0.4, 0.5) is 10.2 Å². The zero-order chi connectivity index (χ0) is 17.8. The summed E-state index contributed by atoms with van der Waals surface area (Å²) in [6, 6.07) is 9.35. The van der Waals surface area contributed by atoms with Crippen molar-refractivity contribution in [2.24, 2.45) is 5.73 Å². The van der Waals surface area contributed by atoms with E-state index >= 15 is 0 Å². The Morgan fingerprint density at radius 3 is 2.80 bits per heavy atom. The van der Waals surface area contributed by atoms with Gasteiger partial charge in [0, 0.05) is 25.3 Å². The van der Waals surface area contributed by atoms with Gasteiger partial charge >= 0.3 is 0 Å². The van der Waals surface area contributed by atoms with Gasteiger partial charge in [0.1, 0.15) is 11.9 Å². The van der Waals surface area contributed by atoms with Crippen LogP contribution < -0.4 is 10.6 Å². The molecule has 25 heavy (non-hydrogen) atoms. The molecule has 7 heteroatoms. The zero-order valence-corrected chi connectivity index (χ0v) is 14.2. The van der Waals surface area contributed by atoms with Crippen molar-refractivity contribution in [1.29, 1.82) is 0 Å². The lowest BCUT2D eigenvalue weighted by Gasteiger charge is -2.32. The number of carbonyl (C=O) groups excluding carboxylic acids is 1. The fourth-order valence-electron chi connectivity index (χ4n) is 3.49. The van der Waals surface area contributed by atoms with Crippen molar-refractivity contribution in [1.82, 2.24) is 15.1 Å². The Morgan fingerprint density at radius 2 is 2.16 bits per heavy atom. The molecule has 0 aliphatic carbocycles. The number of amides is 1. The number of anilines is 1. The maximum Gasteiger partial charge on any atom is 0.239 e.